The van der Waals surface area contributed by atoms with Crippen molar-refractivity contribution in [1.82, 2.24) is 0 Å². The van der Waals surface area contributed by atoms with Crippen LogP contribution in [-0.2, 0) is 16.0 Å². The van der Waals surface area contributed by atoms with E-state index in [4.69, 9.17) is 9.47 Å². The summed E-state index contributed by atoms with van der Waals surface area (Å²) in [6, 6.07) is 14.0. The first-order chi connectivity index (χ1) is 16.4. The second kappa shape index (κ2) is 10.7. The summed E-state index contributed by atoms with van der Waals surface area (Å²) in [5, 5.41) is 10.0. The van der Waals surface area contributed by atoms with Gasteiger partial charge in [-0.15, -0.1) is 0 Å². The highest BCUT2D eigenvalue weighted by Gasteiger charge is 2.43. The van der Waals surface area contributed by atoms with E-state index < -0.39 is 11.4 Å². The van der Waals surface area contributed by atoms with Crippen molar-refractivity contribution in [2.75, 3.05) is 19.8 Å². The molecular formula is C29H36O5. The van der Waals surface area contributed by atoms with Gasteiger partial charge in [-0.25, -0.2) is 0 Å². The zero-order valence-corrected chi connectivity index (χ0v) is 20.3. The van der Waals surface area contributed by atoms with Gasteiger partial charge in [0.15, 0.2) is 5.78 Å². The van der Waals surface area contributed by atoms with Crippen LogP contribution in [0.2, 0.25) is 0 Å². The average Bonchev–Trinajstić information content (AvgIpc) is 2.79. The maximum atomic E-state index is 13.3. The van der Waals surface area contributed by atoms with E-state index in [1.807, 2.05) is 24.3 Å². The van der Waals surface area contributed by atoms with E-state index >= 15 is 0 Å². The molecule has 5 heteroatoms. The van der Waals surface area contributed by atoms with Gasteiger partial charge in [0.05, 0.1) is 25.2 Å². The van der Waals surface area contributed by atoms with Crippen LogP contribution in [0.15, 0.2) is 42.5 Å². The quantitative estimate of drug-likeness (QED) is 0.438. The topological polar surface area (TPSA) is 72.8 Å². The molecular weight excluding hydrogens is 428 g/mol. The summed E-state index contributed by atoms with van der Waals surface area (Å²) in [7, 11) is 0. The van der Waals surface area contributed by atoms with Crippen molar-refractivity contribution in [3.63, 3.8) is 0 Å². The predicted molar refractivity (Wildman–Crippen MR) is 132 cm³/mol. The van der Waals surface area contributed by atoms with Gasteiger partial charge in [0.25, 0.3) is 0 Å². The zero-order chi connectivity index (χ0) is 24.1. The van der Waals surface area contributed by atoms with Crippen LogP contribution in [0.1, 0.15) is 78.4 Å². The van der Waals surface area contributed by atoms with Crippen molar-refractivity contribution >= 4 is 11.8 Å². The van der Waals surface area contributed by atoms with E-state index in [0.29, 0.717) is 49.9 Å². The van der Waals surface area contributed by atoms with Gasteiger partial charge in [0.2, 0.25) is 0 Å². The van der Waals surface area contributed by atoms with Gasteiger partial charge in [-0.2, -0.15) is 0 Å². The molecule has 1 aliphatic carbocycles. The van der Waals surface area contributed by atoms with E-state index in [-0.39, 0.29) is 18.1 Å². The van der Waals surface area contributed by atoms with Crippen molar-refractivity contribution in [3.05, 3.63) is 64.7 Å². The minimum absolute atomic E-state index is 0.0490. The Morgan fingerprint density at radius 1 is 1.12 bits per heavy atom. The Bertz CT molecular complexity index is 1010. The lowest BCUT2D eigenvalue weighted by Gasteiger charge is -2.36. The van der Waals surface area contributed by atoms with Crippen LogP contribution < -0.4 is 4.74 Å². The summed E-state index contributed by atoms with van der Waals surface area (Å²) in [6.07, 6.45) is 4.80. The van der Waals surface area contributed by atoms with Gasteiger partial charge in [-0.1, -0.05) is 55.3 Å². The van der Waals surface area contributed by atoms with Crippen LogP contribution in [0.25, 0.3) is 0 Å². The Morgan fingerprint density at radius 3 is 2.50 bits per heavy atom. The molecule has 2 fully saturated rings. The van der Waals surface area contributed by atoms with E-state index in [2.05, 4.69) is 32.0 Å². The number of carbonyl (C=O) groups excluding carboxylic acids is 1. The summed E-state index contributed by atoms with van der Waals surface area (Å²) in [5.74, 6) is 0.601. The summed E-state index contributed by atoms with van der Waals surface area (Å²) >= 11 is 0. The minimum atomic E-state index is -0.949. The molecule has 0 atom stereocenters. The molecule has 2 aromatic carbocycles. The Hall–Kier alpha value is -2.66. The van der Waals surface area contributed by atoms with Crippen molar-refractivity contribution in [1.29, 1.82) is 0 Å². The maximum Gasteiger partial charge on any atom is 0.310 e. The number of ether oxygens (including phenoxy) is 2. The summed E-state index contributed by atoms with van der Waals surface area (Å²) in [6.45, 7) is 6.05. The third kappa shape index (κ3) is 5.52. The molecule has 2 aliphatic rings. The summed E-state index contributed by atoms with van der Waals surface area (Å²) in [5.41, 5.74) is 3.08. The molecule has 0 bridgehead atoms. The number of hydrogen-bond acceptors (Lipinski definition) is 4. The van der Waals surface area contributed by atoms with Crippen LogP contribution in [0, 0.1) is 18.3 Å². The molecule has 1 aliphatic heterocycles. The molecule has 182 valence electrons. The lowest BCUT2D eigenvalue weighted by molar-refractivity contribution is -0.151. The number of carboxylic acid groups (broad SMARTS) is 1. The Kier molecular flexibility index (Phi) is 7.72. The second-order valence-corrected chi connectivity index (χ2v) is 10.1. The highest BCUT2D eigenvalue weighted by Crippen LogP contribution is 2.44. The lowest BCUT2D eigenvalue weighted by Crippen LogP contribution is -2.37. The summed E-state index contributed by atoms with van der Waals surface area (Å²) in [4.78, 5) is 25.5. The average molecular weight is 465 g/mol. The van der Waals surface area contributed by atoms with Gasteiger partial charge in [0.1, 0.15) is 5.75 Å². The van der Waals surface area contributed by atoms with Crippen LogP contribution in [0.3, 0.4) is 0 Å². The highest BCUT2D eigenvalue weighted by atomic mass is 16.5. The lowest BCUT2D eigenvalue weighted by atomic mass is 9.67. The third-order valence-electron chi connectivity index (χ3n) is 7.74. The second-order valence-electron chi connectivity index (χ2n) is 10.1. The first kappa shape index (κ1) is 24.5. The van der Waals surface area contributed by atoms with Gasteiger partial charge in [-0.05, 0) is 50.2 Å². The van der Waals surface area contributed by atoms with E-state index in [0.717, 1.165) is 31.2 Å². The third-order valence-corrected chi connectivity index (χ3v) is 7.74. The molecule has 0 spiro atoms. The fourth-order valence-corrected chi connectivity index (χ4v) is 5.25. The molecule has 2 aromatic rings. The maximum absolute atomic E-state index is 13.3. The van der Waals surface area contributed by atoms with Gasteiger partial charge < -0.3 is 14.6 Å². The van der Waals surface area contributed by atoms with E-state index in [1.165, 1.54) is 11.1 Å². The smallest absolute Gasteiger partial charge is 0.310 e. The van der Waals surface area contributed by atoms with Crippen molar-refractivity contribution in [2.24, 2.45) is 11.3 Å². The normalized spacial score (nSPS) is 22.7. The van der Waals surface area contributed by atoms with Crippen LogP contribution in [0.5, 0.6) is 5.75 Å². The number of hydrogen-bond donors (Lipinski definition) is 1. The van der Waals surface area contributed by atoms with Crippen molar-refractivity contribution in [2.45, 2.75) is 64.7 Å². The SMILES string of the molecule is CCC1CCC(CC(=O)c2ccc(C3COC3)c(OCCc3cccc(C)c3)c2)(C(=O)O)CC1. The van der Waals surface area contributed by atoms with Gasteiger partial charge >= 0.3 is 5.97 Å². The number of aryl methyl sites for hydroxylation is 1. The first-order valence-electron chi connectivity index (χ1n) is 12.6. The fourth-order valence-electron chi connectivity index (χ4n) is 5.25. The highest BCUT2D eigenvalue weighted by molar-refractivity contribution is 5.99. The predicted octanol–water partition coefficient (Wildman–Crippen LogP) is 5.97. The Balaban J connectivity index is 1.49. The molecule has 1 N–H and O–H groups in total. The molecule has 1 saturated heterocycles. The molecule has 34 heavy (non-hydrogen) atoms. The van der Waals surface area contributed by atoms with Gasteiger partial charge in [-0.3, -0.25) is 9.59 Å². The molecule has 0 aromatic heterocycles. The Morgan fingerprint density at radius 2 is 1.88 bits per heavy atom. The van der Waals surface area contributed by atoms with Crippen LogP contribution >= 0.6 is 0 Å². The van der Waals surface area contributed by atoms with E-state index in [1.54, 1.807) is 0 Å². The molecule has 0 unspecified atom stereocenters. The summed E-state index contributed by atoms with van der Waals surface area (Å²) < 4.78 is 11.6. The molecule has 0 amide bonds. The van der Waals surface area contributed by atoms with E-state index in [9.17, 15) is 14.7 Å². The molecule has 1 heterocycles. The zero-order valence-electron chi connectivity index (χ0n) is 20.3. The number of benzene rings is 2. The molecule has 4 rings (SSSR count). The minimum Gasteiger partial charge on any atom is -0.493 e. The number of carboxylic acids is 1. The number of rotatable bonds is 10. The number of carbonyl (C=O) groups is 2. The van der Waals surface area contributed by atoms with Crippen LogP contribution in [0.4, 0.5) is 0 Å². The largest absolute Gasteiger partial charge is 0.493 e. The molecule has 1 saturated carbocycles. The number of aliphatic carboxylic acids is 1. The fraction of sp³-hybridized carbons (Fsp3) is 0.517. The molecule has 0 radical (unpaired) electrons. The standard InChI is InChI=1S/C29H36O5/c1-3-21-9-12-29(13-10-21,28(31)32)17-26(30)23-7-8-25(24-18-33-19-24)27(16-23)34-14-11-22-6-4-5-20(2)15-22/h4-8,15-16,21,24H,3,9-14,17-19H2,1-2H3,(H,31,32). The van der Waals surface area contributed by atoms with Crippen molar-refractivity contribution in [3.8, 4) is 5.75 Å². The monoisotopic (exact) mass is 464 g/mol. The number of ketones is 1. The van der Waals surface area contributed by atoms with Gasteiger partial charge in [0, 0.05) is 29.9 Å². The number of Topliss-reactive ketones (excluding diaryl/α,β-unsaturated/α-hetero) is 1. The Labute approximate surface area is 202 Å². The molecule has 5 nitrogen and oxygen atoms in total. The van der Waals surface area contributed by atoms with Crippen LogP contribution in [-0.4, -0.2) is 36.7 Å². The first-order valence-corrected chi connectivity index (χ1v) is 12.6. The van der Waals surface area contributed by atoms with Crippen molar-refractivity contribution < 1.29 is 24.2 Å².